The van der Waals surface area contributed by atoms with Gasteiger partial charge in [-0.05, 0) is 31.7 Å². The van der Waals surface area contributed by atoms with Gasteiger partial charge in [-0.15, -0.1) is 0 Å². The average Bonchev–Trinajstić information content (AvgIpc) is 2.39. The van der Waals surface area contributed by atoms with Gasteiger partial charge in [0, 0.05) is 23.9 Å². The molecule has 1 saturated carbocycles. The fourth-order valence-electron chi connectivity index (χ4n) is 2.76. The van der Waals surface area contributed by atoms with E-state index in [1.807, 2.05) is 0 Å². The Morgan fingerprint density at radius 3 is 2.63 bits per heavy atom. The second kappa shape index (κ2) is 5.99. The van der Waals surface area contributed by atoms with Crippen molar-refractivity contribution >= 4 is 11.4 Å². The summed E-state index contributed by atoms with van der Waals surface area (Å²) >= 11 is 0. The minimum atomic E-state index is -0.786. The molecule has 0 aliphatic heterocycles. The van der Waals surface area contributed by atoms with Gasteiger partial charge >= 0.3 is 5.69 Å². The summed E-state index contributed by atoms with van der Waals surface area (Å²) in [7, 11) is 0. The van der Waals surface area contributed by atoms with Gasteiger partial charge in [-0.2, -0.15) is 4.39 Å². The molecule has 1 aromatic rings. The van der Waals surface area contributed by atoms with E-state index in [2.05, 4.69) is 12.2 Å². The number of nitro benzene ring substituents is 1. The van der Waals surface area contributed by atoms with E-state index in [1.54, 1.807) is 6.07 Å². The third-order valence-corrected chi connectivity index (χ3v) is 3.90. The summed E-state index contributed by atoms with van der Waals surface area (Å²) in [5.41, 5.74) is 0.136. The van der Waals surface area contributed by atoms with Gasteiger partial charge in [-0.25, -0.2) is 0 Å². The van der Waals surface area contributed by atoms with Gasteiger partial charge in [0.25, 0.3) is 0 Å². The molecule has 0 spiro atoms. The number of benzene rings is 1. The molecule has 1 atom stereocenters. The second-order valence-corrected chi connectivity index (χ2v) is 5.25. The monoisotopic (exact) mass is 266 g/mol. The van der Waals surface area contributed by atoms with Gasteiger partial charge in [0.15, 0.2) is 0 Å². The lowest BCUT2D eigenvalue weighted by molar-refractivity contribution is -0.387. The van der Waals surface area contributed by atoms with Crippen molar-refractivity contribution in [2.24, 2.45) is 5.92 Å². The number of nitro groups is 1. The first-order chi connectivity index (χ1) is 9.08. The van der Waals surface area contributed by atoms with Crippen LogP contribution in [0, 0.1) is 21.8 Å². The molecular formula is C14H19FN2O2. The maximum atomic E-state index is 13.5. The molecule has 1 aromatic carbocycles. The van der Waals surface area contributed by atoms with Crippen LogP contribution in [0.4, 0.5) is 15.8 Å². The van der Waals surface area contributed by atoms with E-state index in [-0.39, 0.29) is 6.04 Å². The third kappa shape index (κ3) is 3.43. The first-order valence-electron chi connectivity index (χ1n) is 6.78. The van der Waals surface area contributed by atoms with E-state index in [0.717, 1.165) is 0 Å². The Balaban J connectivity index is 2.02. The van der Waals surface area contributed by atoms with Gasteiger partial charge < -0.3 is 5.32 Å². The number of nitrogens with one attached hydrogen (secondary N) is 1. The van der Waals surface area contributed by atoms with Crippen molar-refractivity contribution in [1.82, 2.24) is 0 Å². The van der Waals surface area contributed by atoms with E-state index in [1.165, 1.54) is 44.2 Å². The molecule has 0 aromatic heterocycles. The standard InChI is InChI=1S/C14H19FN2O2/c1-10(11-5-3-2-4-6-11)16-12-7-8-14(17(18)19)13(15)9-12/h7-11,16H,2-6H2,1H3. The van der Waals surface area contributed by atoms with Gasteiger partial charge in [0.1, 0.15) is 0 Å². The number of anilines is 1. The van der Waals surface area contributed by atoms with Crippen molar-refractivity contribution in [2.75, 3.05) is 5.32 Å². The molecule has 0 heterocycles. The van der Waals surface area contributed by atoms with Crippen LogP contribution in [-0.2, 0) is 0 Å². The average molecular weight is 266 g/mol. The van der Waals surface area contributed by atoms with Crippen LogP contribution >= 0.6 is 0 Å². The highest BCUT2D eigenvalue weighted by Gasteiger charge is 2.21. The number of rotatable bonds is 4. The Morgan fingerprint density at radius 1 is 1.37 bits per heavy atom. The van der Waals surface area contributed by atoms with Crippen molar-refractivity contribution in [3.8, 4) is 0 Å². The van der Waals surface area contributed by atoms with Crippen LogP contribution in [0.15, 0.2) is 18.2 Å². The second-order valence-electron chi connectivity index (χ2n) is 5.25. The largest absolute Gasteiger partial charge is 0.382 e. The molecule has 1 fully saturated rings. The minimum Gasteiger partial charge on any atom is -0.382 e. The third-order valence-electron chi connectivity index (χ3n) is 3.90. The molecule has 0 saturated heterocycles. The first-order valence-corrected chi connectivity index (χ1v) is 6.78. The fourth-order valence-corrected chi connectivity index (χ4v) is 2.76. The lowest BCUT2D eigenvalue weighted by Gasteiger charge is -2.29. The van der Waals surface area contributed by atoms with Gasteiger partial charge in [0.05, 0.1) is 4.92 Å². The predicted molar refractivity (Wildman–Crippen MR) is 72.7 cm³/mol. The maximum Gasteiger partial charge on any atom is 0.304 e. The van der Waals surface area contributed by atoms with Gasteiger partial charge in [-0.3, -0.25) is 10.1 Å². The Kier molecular flexibility index (Phi) is 4.35. The SMILES string of the molecule is CC(Nc1ccc([N+](=O)[O-])c(F)c1)C1CCCCC1. The molecule has 104 valence electrons. The zero-order chi connectivity index (χ0) is 13.8. The van der Waals surface area contributed by atoms with Crippen LogP contribution in [0.5, 0.6) is 0 Å². The van der Waals surface area contributed by atoms with Crippen molar-refractivity contribution in [3.05, 3.63) is 34.1 Å². The van der Waals surface area contributed by atoms with Crippen LogP contribution in [0.3, 0.4) is 0 Å². The van der Waals surface area contributed by atoms with Crippen molar-refractivity contribution in [1.29, 1.82) is 0 Å². The zero-order valence-corrected chi connectivity index (χ0v) is 11.1. The van der Waals surface area contributed by atoms with Crippen molar-refractivity contribution in [3.63, 3.8) is 0 Å². The molecule has 1 N–H and O–H groups in total. The summed E-state index contributed by atoms with van der Waals surface area (Å²) in [6.07, 6.45) is 6.21. The molecule has 4 nitrogen and oxygen atoms in total. The topological polar surface area (TPSA) is 55.2 Å². The lowest BCUT2D eigenvalue weighted by Crippen LogP contribution is -2.27. The van der Waals surface area contributed by atoms with E-state index in [0.29, 0.717) is 11.6 Å². The van der Waals surface area contributed by atoms with Crippen LogP contribution < -0.4 is 5.32 Å². The highest BCUT2D eigenvalue weighted by atomic mass is 19.1. The Hall–Kier alpha value is -1.65. The van der Waals surface area contributed by atoms with E-state index < -0.39 is 16.4 Å². The molecular weight excluding hydrogens is 247 g/mol. The Bertz CT molecular complexity index is 459. The van der Waals surface area contributed by atoms with Crippen LogP contribution in [0.2, 0.25) is 0 Å². The summed E-state index contributed by atoms with van der Waals surface area (Å²) < 4.78 is 13.5. The van der Waals surface area contributed by atoms with E-state index in [4.69, 9.17) is 0 Å². The number of hydrogen-bond donors (Lipinski definition) is 1. The predicted octanol–water partition coefficient (Wildman–Crippen LogP) is 4.11. The smallest absolute Gasteiger partial charge is 0.304 e. The molecule has 0 bridgehead atoms. The van der Waals surface area contributed by atoms with Crippen molar-refractivity contribution < 1.29 is 9.31 Å². The molecule has 0 amide bonds. The van der Waals surface area contributed by atoms with Crippen LogP contribution in [-0.4, -0.2) is 11.0 Å². The molecule has 1 unspecified atom stereocenters. The summed E-state index contributed by atoms with van der Waals surface area (Å²) in [4.78, 5) is 9.84. The van der Waals surface area contributed by atoms with Crippen LogP contribution in [0.25, 0.3) is 0 Å². The molecule has 0 radical (unpaired) electrons. The molecule has 2 rings (SSSR count). The van der Waals surface area contributed by atoms with Crippen molar-refractivity contribution in [2.45, 2.75) is 45.1 Å². The quantitative estimate of drug-likeness (QED) is 0.659. The lowest BCUT2D eigenvalue weighted by atomic mass is 9.84. The van der Waals surface area contributed by atoms with E-state index >= 15 is 0 Å². The van der Waals surface area contributed by atoms with E-state index in [9.17, 15) is 14.5 Å². The number of hydrogen-bond acceptors (Lipinski definition) is 3. The van der Waals surface area contributed by atoms with Gasteiger partial charge in [-0.1, -0.05) is 19.3 Å². The summed E-state index contributed by atoms with van der Waals surface area (Å²) in [5, 5.41) is 13.8. The first kappa shape index (κ1) is 13.8. The summed E-state index contributed by atoms with van der Waals surface area (Å²) in [6, 6.07) is 4.25. The fraction of sp³-hybridized carbons (Fsp3) is 0.571. The molecule has 1 aliphatic carbocycles. The normalized spacial score (nSPS) is 18.0. The zero-order valence-electron chi connectivity index (χ0n) is 11.1. The summed E-state index contributed by atoms with van der Waals surface area (Å²) in [6.45, 7) is 2.09. The highest BCUT2D eigenvalue weighted by Crippen LogP contribution is 2.29. The molecule has 1 aliphatic rings. The Morgan fingerprint density at radius 2 is 2.05 bits per heavy atom. The minimum absolute atomic E-state index is 0.265. The number of nitrogens with zero attached hydrogens (tertiary/aromatic N) is 1. The van der Waals surface area contributed by atoms with Crippen LogP contribution in [0.1, 0.15) is 39.0 Å². The van der Waals surface area contributed by atoms with Gasteiger partial charge in [0.2, 0.25) is 5.82 Å². The molecule has 19 heavy (non-hydrogen) atoms. The highest BCUT2D eigenvalue weighted by molar-refractivity contribution is 5.50. The summed E-state index contributed by atoms with van der Waals surface area (Å²) in [5.74, 6) is -0.183. The Labute approximate surface area is 112 Å². The number of halogens is 1. The molecule has 5 heteroatoms. The maximum absolute atomic E-state index is 13.5.